The summed E-state index contributed by atoms with van der Waals surface area (Å²) in [6.45, 7) is 5.84. The average Bonchev–Trinajstić information content (AvgIpc) is 2.89. The largest absolute Gasteiger partial charge is 0.481 e. The molecule has 2 aliphatic carbocycles. The number of halogens is 4. The molecule has 156 valence electrons. The van der Waals surface area contributed by atoms with Crippen LogP contribution in [0.2, 0.25) is 0 Å². The van der Waals surface area contributed by atoms with E-state index in [-0.39, 0.29) is 0 Å². The Labute approximate surface area is 202 Å². The molecule has 1 aromatic carbocycles. The molecule has 0 spiro atoms. The predicted molar refractivity (Wildman–Crippen MR) is 129 cm³/mol. The van der Waals surface area contributed by atoms with Gasteiger partial charge in [-0.25, -0.2) is 0 Å². The Bertz CT molecular complexity index is 997. The number of carboxylic acid groups (broad SMARTS) is 1. The molecule has 0 amide bonds. The van der Waals surface area contributed by atoms with Gasteiger partial charge in [0.15, 0.2) is 3.24 Å². The minimum atomic E-state index is -1.32. The zero-order valence-electron chi connectivity index (χ0n) is 16.4. The first-order valence-electron chi connectivity index (χ1n) is 9.55. The molecule has 1 unspecified atom stereocenters. The lowest BCUT2D eigenvalue weighted by Crippen LogP contribution is -2.40. The van der Waals surface area contributed by atoms with Crippen molar-refractivity contribution in [3.63, 3.8) is 0 Å². The van der Waals surface area contributed by atoms with E-state index in [1.165, 1.54) is 21.6 Å². The molecule has 2 aromatic rings. The molecule has 1 saturated carbocycles. The van der Waals surface area contributed by atoms with E-state index in [1.54, 1.807) is 11.3 Å². The van der Waals surface area contributed by atoms with Gasteiger partial charge in [-0.1, -0.05) is 71.2 Å². The van der Waals surface area contributed by atoms with E-state index >= 15 is 0 Å². The lowest BCUT2D eigenvalue weighted by Gasteiger charge is -2.35. The van der Waals surface area contributed by atoms with Crippen molar-refractivity contribution in [2.75, 3.05) is 0 Å². The van der Waals surface area contributed by atoms with Crippen LogP contribution < -0.4 is 0 Å². The van der Waals surface area contributed by atoms with E-state index in [0.29, 0.717) is 0 Å². The van der Waals surface area contributed by atoms with Gasteiger partial charge in [-0.2, -0.15) is 0 Å². The number of aliphatic carboxylic acids is 1. The van der Waals surface area contributed by atoms with Crippen LogP contribution in [0.1, 0.15) is 43.9 Å². The highest BCUT2D eigenvalue weighted by Gasteiger charge is 2.87. The summed E-state index contributed by atoms with van der Waals surface area (Å²) >= 11 is 22.0. The van der Waals surface area contributed by atoms with Crippen LogP contribution in [-0.4, -0.2) is 19.1 Å². The Morgan fingerprint density at radius 3 is 2.52 bits per heavy atom. The van der Waals surface area contributed by atoms with Crippen LogP contribution in [0.25, 0.3) is 10.4 Å². The van der Waals surface area contributed by atoms with Crippen molar-refractivity contribution < 1.29 is 9.90 Å². The molecule has 2 aliphatic rings. The minimum Gasteiger partial charge on any atom is -0.481 e. The Kier molecular flexibility index (Phi) is 5.32. The molecule has 1 N–H and O–H groups in total. The van der Waals surface area contributed by atoms with E-state index < -0.39 is 30.3 Å². The summed E-state index contributed by atoms with van der Waals surface area (Å²) in [4.78, 5) is 13.4. The summed E-state index contributed by atoms with van der Waals surface area (Å²) in [5, 5.41) is 12.5. The number of benzene rings is 1. The van der Waals surface area contributed by atoms with Gasteiger partial charge < -0.3 is 5.11 Å². The molecular weight excluding hydrogens is 559 g/mol. The molecule has 0 saturated heterocycles. The maximum atomic E-state index is 12.6. The molecule has 2 nitrogen and oxygen atoms in total. The third kappa shape index (κ3) is 2.73. The average molecular weight is 581 g/mol. The fourth-order valence-corrected chi connectivity index (χ4v) is 8.75. The van der Waals surface area contributed by atoms with Crippen LogP contribution in [0.4, 0.5) is 0 Å². The summed E-state index contributed by atoms with van der Waals surface area (Å²) in [5.41, 5.74) is 2.46. The fraction of sp³-hybridized carbons (Fsp3) is 0.500. The van der Waals surface area contributed by atoms with Gasteiger partial charge in [0.05, 0.1) is 10.2 Å². The lowest BCUT2D eigenvalue weighted by atomic mass is 9.78. The predicted octanol–water partition coefficient (Wildman–Crippen LogP) is 7.56. The Morgan fingerprint density at radius 2 is 1.93 bits per heavy atom. The van der Waals surface area contributed by atoms with E-state index in [9.17, 15) is 9.90 Å². The highest BCUT2D eigenvalue weighted by Crippen LogP contribution is 2.82. The first kappa shape index (κ1) is 22.1. The third-order valence-electron chi connectivity index (χ3n) is 7.52. The van der Waals surface area contributed by atoms with E-state index in [4.69, 9.17) is 23.2 Å². The molecule has 1 aromatic heterocycles. The number of thiophene rings is 1. The van der Waals surface area contributed by atoms with Crippen molar-refractivity contribution in [2.45, 2.75) is 53.5 Å². The van der Waals surface area contributed by atoms with Crippen molar-refractivity contribution in [1.29, 1.82) is 0 Å². The van der Waals surface area contributed by atoms with Crippen molar-refractivity contribution in [1.82, 2.24) is 0 Å². The fourth-order valence-electron chi connectivity index (χ4n) is 5.79. The number of carboxylic acids is 1. The Hall–Kier alpha value is -0.0700. The highest BCUT2D eigenvalue weighted by molar-refractivity contribution is 9.13. The van der Waals surface area contributed by atoms with Crippen molar-refractivity contribution in [3.05, 3.63) is 46.3 Å². The number of hydrogen-bond donors (Lipinski definition) is 1. The highest BCUT2D eigenvalue weighted by atomic mass is 79.9. The Balaban J connectivity index is 2.04. The summed E-state index contributed by atoms with van der Waals surface area (Å²) in [7, 11) is 0. The second kappa shape index (κ2) is 6.96. The number of rotatable bonds is 4. The molecule has 3 atom stereocenters. The molecule has 0 aliphatic heterocycles. The van der Waals surface area contributed by atoms with E-state index in [1.807, 2.05) is 26.8 Å². The quantitative estimate of drug-likeness (QED) is 0.379. The maximum absolute atomic E-state index is 12.6. The SMILES string of the molecule is CC1(C)[C@](C)(C(=O)O)[C@@]1(c1cccc2c1CCCc1ccsc1-2)C(Br)C(Cl)(Cl)Br. The van der Waals surface area contributed by atoms with Crippen LogP contribution in [-0.2, 0) is 23.1 Å². The zero-order valence-corrected chi connectivity index (χ0v) is 21.9. The van der Waals surface area contributed by atoms with E-state index in [0.717, 1.165) is 24.8 Å². The summed E-state index contributed by atoms with van der Waals surface area (Å²) in [6, 6.07) is 8.48. The first-order chi connectivity index (χ1) is 13.4. The molecule has 0 bridgehead atoms. The van der Waals surface area contributed by atoms with Gasteiger partial charge in [0.25, 0.3) is 0 Å². The topological polar surface area (TPSA) is 37.3 Å². The first-order valence-corrected chi connectivity index (χ1v) is 12.9. The summed E-state index contributed by atoms with van der Waals surface area (Å²) in [6.07, 6.45) is 2.97. The number of hydrogen-bond acceptors (Lipinski definition) is 2. The second-order valence-electron chi connectivity index (χ2n) is 8.73. The molecule has 7 heteroatoms. The number of alkyl halides is 4. The van der Waals surface area contributed by atoms with Crippen LogP contribution in [0.15, 0.2) is 29.6 Å². The van der Waals surface area contributed by atoms with Gasteiger partial charge in [-0.3, -0.25) is 4.79 Å². The molecule has 4 rings (SSSR count). The van der Waals surface area contributed by atoms with Crippen LogP contribution in [0.3, 0.4) is 0 Å². The van der Waals surface area contributed by atoms with Gasteiger partial charge in [0.1, 0.15) is 0 Å². The molecule has 29 heavy (non-hydrogen) atoms. The minimum absolute atomic E-state index is 0.514. The van der Waals surface area contributed by atoms with Gasteiger partial charge in [0.2, 0.25) is 0 Å². The van der Waals surface area contributed by atoms with Gasteiger partial charge >= 0.3 is 5.97 Å². The lowest BCUT2D eigenvalue weighted by molar-refractivity contribution is -0.144. The number of carbonyl (C=O) groups is 1. The van der Waals surface area contributed by atoms with Crippen molar-refractivity contribution in [3.8, 4) is 10.4 Å². The van der Waals surface area contributed by atoms with Gasteiger partial charge in [-0.15, -0.1) is 11.3 Å². The van der Waals surface area contributed by atoms with Crippen molar-refractivity contribution in [2.24, 2.45) is 10.8 Å². The Morgan fingerprint density at radius 1 is 1.24 bits per heavy atom. The van der Waals surface area contributed by atoms with Gasteiger partial charge in [-0.05, 0) is 81.2 Å². The summed E-state index contributed by atoms with van der Waals surface area (Å²) in [5.74, 6) is -0.833. The standard InChI is InChI=1S/C22H22Br2Cl2O2S/c1-19(2)20(3,18(27)28)21(19,17(23)22(24,25)26)15-9-5-8-14-13(15)7-4-6-12-10-11-29-16(12)14/h5,8-11,17H,4,6-7H2,1-3H3,(H,27,28)/t17?,20-,21-/m0/s1. The number of fused-ring (bicyclic) bond motifs is 3. The van der Waals surface area contributed by atoms with Crippen LogP contribution in [0.5, 0.6) is 0 Å². The smallest absolute Gasteiger partial charge is 0.310 e. The number of aryl methyl sites for hydroxylation is 1. The zero-order chi connectivity index (χ0) is 21.4. The van der Waals surface area contributed by atoms with Gasteiger partial charge in [0, 0.05) is 10.3 Å². The molecule has 1 heterocycles. The maximum Gasteiger partial charge on any atom is 0.310 e. The molecular formula is C22H22Br2Cl2O2S. The molecule has 1 fully saturated rings. The normalized spacial score (nSPS) is 28.8. The monoisotopic (exact) mass is 578 g/mol. The second-order valence-corrected chi connectivity index (χ2v) is 14.1. The van der Waals surface area contributed by atoms with Crippen LogP contribution >= 0.6 is 66.4 Å². The third-order valence-corrected chi connectivity index (χ3v) is 11.9. The van der Waals surface area contributed by atoms with E-state index in [2.05, 4.69) is 55.4 Å². The van der Waals surface area contributed by atoms with Crippen molar-refractivity contribution >= 4 is 72.4 Å². The molecule has 0 radical (unpaired) electrons. The van der Waals surface area contributed by atoms with Crippen LogP contribution in [0, 0.1) is 10.8 Å². The summed E-state index contributed by atoms with van der Waals surface area (Å²) < 4.78 is -1.32.